The lowest BCUT2D eigenvalue weighted by Crippen LogP contribution is -2.52. The zero-order valence-electron chi connectivity index (χ0n) is 32.1. The van der Waals surface area contributed by atoms with E-state index in [1.54, 1.807) is 48.5 Å². The zero-order valence-corrected chi connectivity index (χ0v) is 32.1. The van der Waals surface area contributed by atoms with Crippen molar-refractivity contribution in [3.8, 4) is 5.75 Å². The van der Waals surface area contributed by atoms with Crippen molar-refractivity contribution < 1.29 is 38.5 Å². The van der Waals surface area contributed by atoms with Crippen LogP contribution in [0.1, 0.15) is 52.6 Å². The highest BCUT2D eigenvalue weighted by Gasteiger charge is 2.39. The molecule has 0 spiro atoms. The van der Waals surface area contributed by atoms with E-state index in [1.807, 2.05) is 97.1 Å². The Morgan fingerprint density at radius 1 is 0.672 bits per heavy atom. The van der Waals surface area contributed by atoms with Crippen molar-refractivity contribution in [3.63, 3.8) is 0 Å². The van der Waals surface area contributed by atoms with Crippen molar-refractivity contribution in [2.24, 2.45) is 10.7 Å². The number of carbonyl (C=O) groups is 4. The van der Waals surface area contributed by atoms with Crippen LogP contribution in [0.25, 0.3) is 0 Å². The smallest absolute Gasteiger partial charge is 0.414 e. The third-order valence-electron chi connectivity index (χ3n) is 9.21. The normalized spacial score (nSPS) is 11.7. The molecule has 0 aliphatic carbocycles. The lowest BCUT2D eigenvalue weighted by Gasteiger charge is -2.39. The SMILES string of the molecule is COc1ccc([C@@H](CO)N(C(=O)C(c2ccccc2)c2ccccc2)[C@H](CCCN=C(NC(=O)OCc2ccccc2)NC(=O)OCc2ccccc2)C(N)=O)cc1. The number of aliphatic hydroxyl groups excluding tert-OH is 1. The Balaban J connectivity index is 1.40. The molecule has 0 bridgehead atoms. The minimum atomic E-state index is -1.21. The molecule has 0 aromatic heterocycles. The van der Waals surface area contributed by atoms with E-state index in [1.165, 1.54) is 12.0 Å². The second kappa shape index (κ2) is 21.9. The maximum atomic E-state index is 15.0. The van der Waals surface area contributed by atoms with Crippen LogP contribution in [-0.2, 0) is 32.3 Å². The fraction of sp³-hybridized carbons (Fsp3) is 0.222. The number of hydrogen-bond donors (Lipinski definition) is 4. The number of methoxy groups -OCH3 is 1. The molecule has 0 heterocycles. The van der Waals surface area contributed by atoms with Gasteiger partial charge in [0.2, 0.25) is 17.8 Å². The molecule has 0 saturated carbocycles. The molecular weight excluding hydrogens is 739 g/mol. The van der Waals surface area contributed by atoms with E-state index in [0.29, 0.717) is 22.4 Å². The predicted octanol–water partition coefficient (Wildman–Crippen LogP) is 6.23. The largest absolute Gasteiger partial charge is 0.497 e. The third-order valence-corrected chi connectivity index (χ3v) is 9.21. The summed E-state index contributed by atoms with van der Waals surface area (Å²) < 4.78 is 16.0. The van der Waals surface area contributed by atoms with Crippen LogP contribution < -0.4 is 21.1 Å². The van der Waals surface area contributed by atoms with E-state index < -0.39 is 48.6 Å². The number of rotatable bonds is 17. The third kappa shape index (κ3) is 12.3. The van der Waals surface area contributed by atoms with Crippen molar-refractivity contribution >= 4 is 30.0 Å². The van der Waals surface area contributed by atoms with E-state index in [0.717, 1.165) is 11.1 Å². The summed E-state index contributed by atoms with van der Waals surface area (Å²) in [6, 6.07) is 41.1. The van der Waals surface area contributed by atoms with E-state index in [4.69, 9.17) is 19.9 Å². The van der Waals surface area contributed by atoms with Gasteiger partial charge in [-0.2, -0.15) is 0 Å². The number of primary amides is 1. The maximum Gasteiger partial charge on any atom is 0.414 e. The first-order chi connectivity index (χ1) is 28.3. The van der Waals surface area contributed by atoms with Gasteiger partial charge in [-0.15, -0.1) is 0 Å². The number of aliphatic hydroxyl groups is 1. The van der Waals surface area contributed by atoms with E-state index in [-0.39, 0.29) is 38.6 Å². The maximum absolute atomic E-state index is 15.0. The van der Waals surface area contributed by atoms with E-state index in [9.17, 15) is 19.5 Å². The summed E-state index contributed by atoms with van der Waals surface area (Å²) in [4.78, 5) is 59.9. The summed E-state index contributed by atoms with van der Waals surface area (Å²) in [6.45, 7) is -0.623. The lowest BCUT2D eigenvalue weighted by molar-refractivity contribution is -0.144. The summed E-state index contributed by atoms with van der Waals surface area (Å²) in [5.41, 5.74) is 9.51. The first-order valence-electron chi connectivity index (χ1n) is 18.7. The van der Waals surface area contributed by atoms with Crippen LogP contribution in [0.3, 0.4) is 0 Å². The Morgan fingerprint density at radius 2 is 1.14 bits per heavy atom. The average molecular weight is 786 g/mol. The number of aliphatic imine (C=N–C) groups is 1. The van der Waals surface area contributed by atoms with Crippen LogP contribution in [-0.4, -0.2) is 66.3 Å². The minimum Gasteiger partial charge on any atom is -0.497 e. The standard InChI is InChI=1S/C45H47N5O8/c1-56-37-26-24-34(25-27-37)39(29-51)50(42(53)40(35-19-10-4-11-20-35)36-21-12-5-13-22-36)38(41(46)52)23-14-28-47-43(48-44(54)57-30-32-15-6-2-7-16-32)49-45(55)58-31-33-17-8-3-9-18-33/h2-13,15-22,24-27,38-40,51H,14,23,28-31H2,1H3,(H2,46,52)(H2,47,48,49,54,55)/t38-,39-/m1/s1. The Hall–Kier alpha value is -6.99. The number of amides is 4. The van der Waals surface area contributed by atoms with Crippen molar-refractivity contribution in [2.75, 3.05) is 20.3 Å². The summed E-state index contributed by atoms with van der Waals surface area (Å²) >= 11 is 0. The second-order valence-corrected chi connectivity index (χ2v) is 13.1. The van der Waals surface area contributed by atoms with E-state index in [2.05, 4.69) is 15.6 Å². The van der Waals surface area contributed by atoms with Gasteiger partial charge in [0.1, 0.15) is 25.0 Å². The van der Waals surface area contributed by atoms with Gasteiger partial charge < -0.3 is 30.0 Å². The number of nitrogens with two attached hydrogens (primary N) is 1. The molecule has 5 rings (SSSR count). The van der Waals surface area contributed by atoms with Crippen molar-refractivity contribution in [1.29, 1.82) is 0 Å². The van der Waals surface area contributed by atoms with Crippen molar-refractivity contribution in [3.05, 3.63) is 173 Å². The molecule has 0 radical (unpaired) electrons. The fourth-order valence-corrected chi connectivity index (χ4v) is 6.34. The average Bonchev–Trinajstić information content (AvgIpc) is 3.26. The second-order valence-electron chi connectivity index (χ2n) is 13.1. The molecule has 4 amide bonds. The molecule has 0 saturated heterocycles. The molecule has 13 nitrogen and oxygen atoms in total. The highest BCUT2D eigenvalue weighted by molar-refractivity contribution is 6.01. The Kier molecular flexibility index (Phi) is 15.9. The summed E-state index contributed by atoms with van der Waals surface area (Å²) in [5.74, 6) is -1.78. The molecule has 2 atom stereocenters. The molecule has 0 aliphatic rings. The summed E-state index contributed by atoms with van der Waals surface area (Å²) in [5, 5.41) is 15.8. The lowest BCUT2D eigenvalue weighted by atomic mass is 9.88. The van der Waals surface area contributed by atoms with Crippen LogP contribution in [0.15, 0.2) is 151 Å². The number of nitrogens with one attached hydrogen (secondary N) is 2. The molecule has 5 N–H and O–H groups in total. The molecule has 5 aromatic rings. The van der Waals surface area contributed by atoms with Gasteiger partial charge in [-0.05, 0) is 52.8 Å². The van der Waals surface area contributed by atoms with Gasteiger partial charge in [-0.3, -0.25) is 25.2 Å². The van der Waals surface area contributed by atoms with Gasteiger partial charge in [0.25, 0.3) is 0 Å². The number of guanidine groups is 1. The van der Waals surface area contributed by atoms with Crippen LogP contribution >= 0.6 is 0 Å². The molecule has 300 valence electrons. The molecule has 5 aromatic carbocycles. The molecule has 13 heteroatoms. The number of nitrogens with zero attached hydrogens (tertiary/aromatic N) is 2. The quantitative estimate of drug-likeness (QED) is 0.0486. The summed E-state index contributed by atoms with van der Waals surface area (Å²) in [7, 11) is 1.53. The highest BCUT2D eigenvalue weighted by atomic mass is 16.6. The summed E-state index contributed by atoms with van der Waals surface area (Å²) in [6.07, 6.45) is -1.59. The first-order valence-corrected chi connectivity index (χ1v) is 18.7. The van der Waals surface area contributed by atoms with Crippen LogP contribution in [0.2, 0.25) is 0 Å². The number of carbonyl (C=O) groups excluding carboxylic acids is 4. The number of ether oxygens (including phenoxy) is 3. The number of hydrogen-bond acceptors (Lipinski definition) is 9. The minimum absolute atomic E-state index is 0.0116. The molecule has 58 heavy (non-hydrogen) atoms. The predicted molar refractivity (Wildman–Crippen MR) is 218 cm³/mol. The van der Waals surface area contributed by atoms with Gasteiger partial charge in [0, 0.05) is 6.54 Å². The molecule has 0 unspecified atom stereocenters. The van der Waals surface area contributed by atoms with Crippen molar-refractivity contribution in [1.82, 2.24) is 15.5 Å². The van der Waals surface area contributed by atoms with E-state index >= 15 is 4.79 Å². The van der Waals surface area contributed by atoms with Crippen LogP contribution in [0, 0.1) is 0 Å². The Labute approximate surface area is 337 Å². The number of alkyl carbamates (subject to hydrolysis) is 2. The zero-order chi connectivity index (χ0) is 41.1. The van der Waals surface area contributed by atoms with Crippen LogP contribution in [0.4, 0.5) is 9.59 Å². The van der Waals surface area contributed by atoms with Gasteiger partial charge in [0.15, 0.2) is 0 Å². The van der Waals surface area contributed by atoms with Crippen molar-refractivity contribution in [2.45, 2.75) is 44.1 Å². The fourth-order valence-electron chi connectivity index (χ4n) is 6.34. The Bertz CT molecular complexity index is 1990. The van der Waals surface area contributed by atoms with Gasteiger partial charge in [0.05, 0.1) is 25.7 Å². The number of benzene rings is 5. The van der Waals surface area contributed by atoms with Crippen LogP contribution in [0.5, 0.6) is 5.75 Å². The molecule has 0 aliphatic heterocycles. The Morgan fingerprint density at radius 3 is 1.57 bits per heavy atom. The van der Waals surface area contributed by atoms with Gasteiger partial charge in [-0.1, -0.05) is 133 Å². The monoisotopic (exact) mass is 785 g/mol. The molecular formula is C45H47N5O8. The molecule has 0 fully saturated rings. The van der Waals surface area contributed by atoms with Gasteiger partial charge in [-0.25, -0.2) is 9.59 Å². The first kappa shape index (κ1) is 42.2. The van der Waals surface area contributed by atoms with Gasteiger partial charge >= 0.3 is 12.2 Å². The topological polar surface area (TPSA) is 182 Å². The highest BCUT2D eigenvalue weighted by Crippen LogP contribution is 2.34.